The fourth-order valence-corrected chi connectivity index (χ4v) is 3.39. The van der Waals surface area contributed by atoms with Gasteiger partial charge in [0.2, 0.25) is 5.91 Å². The van der Waals surface area contributed by atoms with Crippen LogP contribution in [0.5, 0.6) is 0 Å². The number of rotatable bonds is 7. The third-order valence-electron chi connectivity index (χ3n) is 5.08. The van der Waals surface area contributed by atoms with Gasteiger partial charge in [0.1, 0.15) is 0 Å². The van der Waals surface area contributed by atoms with Crippen molar-refractivity contribution in [2.75, 3.05) is 32.8 Å². The minimum Gasteiger partial charge on any atom is -0.394 e. The lowest BCUT2D eigenvalue weighted by molar-refractivity contribution is -0.138. The molecule has 3 rings (SSSR count). The number of aliphatic hydroxyl groups excluding tert-OH is 2. The van der Waals surface area contributed by atoms with Crippen molar-refractivity contribution in [1.82, 2.24) is 9.80 Å². The summed E-state index contributed by atoms with van der Waals surface area (Å²) in [6.45, 7) is 2.79. The maximum Gasteiger partial charge on any atom is 0.226 e. The smallest absolute Gasteiger partial charge is 0.226 e. The average Bonchev–Trinajstić information content (AvgIpc) is 3.27. The first-order valence-corrected chi connectivity index (χ1v) is 8.67. The molecule has 0 aromatic rings. The summed E-state index contributed by atoms with van der Waals surface area (Å²) in [6, 6.07) is 0.465. The first-order chi connectivity index (χ1) is 10.7. The quantitative estimate of drug-likeness (QED) is 0.682. The van der Waals surface area contributed by atoms with Crippen molar-refractivity contribution in [3.8, 4) is 0 Å². The molecule has 0 bridgehead atoms. The van der Waals surface area contributed by atoms with Gasteiger partial charge in [-0.25, -0.2) is 0 Å². The van der Waals surface area contributed by atoms with Crippen molar-refractivity contribution >= 4 is 5.91 Å². The van der Waals surface area contributed by atoms with E-state index in [9.17, 15) is 9.90 Å². The molecule has 1 heterocycles. The molecule has 2 N–H and O–H groups in total. The van der Waals surface area contributed by atoms with Crippen LogP contribution in [0.4, 0.5) is 0 Å². The second-order valence-electron chi connectivity index (χ2n) is 7.05. The molecular weight excluding hydrogens is 280 g/mol. The highest BCUT2D eigenvalue weighted by Gasteiger charge is 2.38. The van der Waals surface area contributed by atoms with Gasteiger partial charge in [-0.2, -0.15) is 0 Å². The van der Waals surface area contributed by atoms with E-state index in [1.165, 1.54) is 12.0 Å². The largest absolute Gasteiger partial charge is 0.394 e. The van der Waals surface area contributed by atoms with E-state index in [-0.39, 0.29) is 12.5 Å². The van der Waals surface area contributed by atoms with E-state index in [4.69, 9.17) is 5.11 Å². The molecule has 0 aromatic heterocycles. The first kappa shape index (κ1) is 16.0. The molecule has 1 atom stereocenters. The van der Waals surface area contributed by atoms with Crippen LogP contribution < -0.4 is 0 Å². The van der Waals surface area contributed by atoms with Gasteiger partial charge < -0.3 is 15.1 Å². The Kier molecular flexibility index (Phi) is 5.16. The van der Waals surface area contributed by atoms with Crippen molar-refractivity contribution in [2.24, 2.45) is 5.92 Å². The van der Waals surface area contributed by atoms with Crippen LogP contribution in [-0.2, 0) is 4.79 Å². The Morgan fingerprint density at radius 3 is 2.73 bits per heavy atom. The van der Waals surface area contributed by atoms with Gasteiger partial charge in [-0.05, 0) is 37.7 Å². The molecular formula is C17H28N2O3. The highest BCUT2D eigenvalue weighted by Crippen LogP contribution is 2.34. The van der Waals surface area contributed by atoms with Crippen LogP contribution in [0, 0.1) is 5.92 Å². The molecule has 22 heavy (non-hydrogen) atoms. The summed E-state index contributed by atoms with van der Waals surface area (Å²) < 4.78 is 0. The van der Waals surface area contributed by atoms with E-state index in [1.807, 2.05) is 0 Å². The molecule has 0 unspecified atom stereocenters. The Hall–Kier alpha value is -0.910. The number of hydrogen-bond donors (Lipinski definition) is 2. The Morgan fingerprint density at radius 2 is 2.14 bits per heavy atom. The minimum absolute atomic E-state index is 0.191. The molecule has 0 saturated heterocycles. The van der Waals surface area contributed by atoms with Gasteiger partial charge in [0.15, 0.2) is 0 Å². The second kappa shape index (κ2) is 7.11. The fourth-order valence-electron chi connectivity index (χ4n) is 3.39. The predicted molar refractivity (Wildman–Crippen MR) is 84.3 cm³/mol. The number of β-amino-alcohol motifs (C(OH)–C–C–N with tert-alkyl or cyclic N) is 1. The molecule has 1 aliphatic heterocycles. The van der Waals surface area contributed by atoms with Crippen LogP contribution in [0.3, 0.4) is 0 Å². The number of nitrogens with zero attached hydrogens (tertiary/aromatic N) is 2. The zero-order valence-electron chi connectivity index (χ0n) is 13.3. The summed E-state index contributed by atoms with van der Waals surface area (Å²) in [5, 5.41) is 18.6. The topological polar surface area (TPSA) is 64.0 Å². The molecule has 0 aromatic carbocycles. The van der Waals surface area contributed by atoms with Crippen LogP contribution in [0.25, 0.3) is 0 Å². The zero-order chi connectivity index (χ0) is 15.5. The van der Waals surface area contributed by atoms with E-state index in [2.05, 4.69) is 15.9 Å². The minimum atomic E-state index is -0.671. The molecule has 2 saturated carbocycles. The molecule has 2 fully saturated rings. The van der Waals surface area contributed by atoms with Gasteiger partial charge in [0.05, 0.1) is 12.7 Å². The van der Waals surface area contributed by atoms with Crippen LogP contribution in [0.2, 0.25) is 0 Å². The Morgan fingerprint density at radius 1 is 1.36 bits per heavy atom. The van der Waals surface area contributed by atoms with E-state index < -0.39 is 6.10 Å². The van der Waals surface area contributed by atoms with Crippen molar-refractivity contribution in [3.63, 3.8) is 0 Å². The van der Waals surface area contributed by atoms with Gasteiger partial charge in [0, 0.05) is 38.1 Å². The van der Waals surface area contributed by atoms with E-state index in [1.54, 1.807) is 0 Å². The molecule has 3 aliphatic rings. The van der Waals surface area contributed by atoms with Crippen LogP contribution in [-0.4, -0.2) is 70.9 Å². The number of aliphatic hydroxyl groups is 2. The third-order valence-corrected chi connectivity index (χ3v) is 5.08. The van der Waals surface area contributed by atoms with Crippen molar-refractivity contribution in [1.29, 1.82) is 0 Å². The second-order valence-corrected chi connectivity index (χ2v) is 7.05. The normalized spacial score (nSPS) is 24.5. The van der Waals surface area contributed by atoms with Crippen LogP contribution >= 0.6 is 0 Å². The summed E-state index contributed by atoms with van der Waals surface area (Å²) in [6.07, 6.45) is 8.18. The molecule has 1 amide bonds. The summed E-state index contributed by atoms with van der Waals surface area (Å²) in [7, 11) is 0. The molecule has 0 radical (unpaired) electrons. The van der Waals surface area contributed by atoms with Gasteiger partial charge in [-0.1, -0.05) is 12.5 Å². The molecule has 5 nitrogen and oxygen atoms in total. The summed E-state index contributed by atoms with van der Waals surface area (Å²) in [5.41, 5.74) is 1.29. The monoisotopic (exact) mass is 308 g/mol. The maximum absolute atomic E-state index is 12.6. The maximum atomic E-state index is 12.6. The fraction of sp³-hybridized carbons (Fsp3) is 0.824. The Labute approximate surface area is 132 Å². The lowest BCUT2D eigenvalue weighted by Gasteiger charge is -2.35. The van der Waals surface area contributed by atoms with Crippen molar-refractivity contribution in [2.45, 2.75) is 50.7 Å². The highest BCUT2D eigenvalue weighted by atomic mass is 16.3. The van der Waals surface area contributed by atoms with Gasteiger partial charge >= 0.3 is 0 Å². The SMILES string of the molecule is O=C(C1CCC1)N(CC1=CCCN(C[C@@H](O)CO)C1)C1CC1. The standard InChI is InChI=1S/C17H28N2O3/c20-12-16(21)11-18-8-2-3-13(9-18)10-19(15-6-7-15)17(22)14-4-1-5-14/h3,14-16,20-21H,1-2,4-12H2/t16-/m1/s1. The number of carbonyl (C=O) groups excluding carboxylic acids is 1. The summed E-state index contributed by atoms with van der Waals surface area (Å²) in [4.78, 5) is 16.9. The lowest BCUT2D eigenvalue weighted by atomic mass is 9.84. The summed E-state index contributed by atoms with van der Waals surface area (Å²) in [5.74, 6) is 0.638. The number of amides is 1. The first-order valence-electron chi connectivity index (χ1n) is 8.67. The zero-order valence-corrected chi connectivity index (χ0v) is 13.3. The van der Waals surface area contributed by atoms with E-state index in [0.29, 0.717) is 18.5 Å². The average molecular weight is 308 g/mol. The molecule has 124 valence electrons. The molecule has 2 aliphatic carbocycles. The van der Waals surface area contributed by atoms with Crippen LogP contribution in [0.15, 0.2) is 11.6 Å². The predicted octanol–water partition coefficient (Wildman–Crippen LogP) is 0.763. The van der Waals surface area contributed by atoms with E-state index in [0.717, 1.165) is 51.7 Å². The van der Waals surface area contributed by atoms with Crippen LogP contribution in [0.1, 0.15) is 38.5 Å². The molecule has 5 heteroatoms. The van der Waals surface area contributed by atoms with Gasteiger partial charge in [0.25, 0.3) is 0 Å². The number of carbonyl (C=O) groups is 1. The number of hydrogen-bond acceptors (Lipinski definition) is 4. The van der Waals surface area contributed by atoms with E-state index >= 15 is 0 Å². The van der Waals surface area contributed by atoms with Crippen molar-refractivity contribution in [3.05, 3.63) is 11.6 Å². The highest BCUT2D eigenvalue weighted by molar-refractivity contribution is 5.80. The third kappa shape index (κ3) is 3.89. The molecule has 0 spiro atoms. The van der Waals surface area contributed by atoms with Gasteiger partial charge in [-0.3, -0.25) is 9.69 Å². The Balaban J connectivity index is 1.55. The summed E-state index contributed by atoms with van der Waals surface area (Å²) >= 11 is 0. The van der Waals surface area contributed by atoms with Gasteiger partial charge in [-0.15, -0.1) is 0 Å². The Bertz CT molecular complexity index is 430. The van der Waals surface area contributed by atoms with Crippen molar-refractivity contribution < 1.29 is 15.0 Å². The lowest BCUT2D eigenvalue weighted by Crippen LogP contribution is -2.44.